The fraction of sp³-hybridized carbons (Fsp3) is 0.0345. The van der Waals surface area contributed by atoms with E-state index in [2.05, 4.69) is 121 Å². The average Bonchev–Trinajstić information content (AvgIpc) is 2.81. The minimum absolute atomic E-state index is 0.340. The van der Waals surface area contributed by atoms with E-state index in [-0.39, 0.29) is 5.41 Å². The molecule has 136 valence electrons. The highest BCUT2D eigenvalue weighted by molar-refractivity contribution is 6.04. The van der Waals surface area contributed by atoms with Crippen LogP contribution in [0.25, 0.3) is 21.9 Å². The number of hydrogen-bond donors (Lipinski definition) is 0. The zero-order valence-electron chi connectivity index (χ0n) is 16.0. The maximum Gasteiger partial charge on any atom is 0.0713 e. The van der Waals surface area contributed by atoms with Crippen LogP contribution in [0.5, 0.6) is 0 Å². The van der Waals surface area contributed by atoms with Crippen LogP contribution in [-0.4, -0.2) is 0 Å². The Morgan fingerprint density at radius 3 is 1.59 bits per heavy atom. The van der Waals surface area contributed by atoms with Crippen molar-refractivity contribution >= 4 is 10.8 Å². The van der Waals surface area contributed by atoms with E-state index in [1.165, 1.54) is 44.2 Å². The molecule has 0 N–H and O–H groups in total. The lowest BCUT2D eigenvalue weighted by Gasteiger charge is -2.42. The average molecular weight is 368 g/mol. The molecule has 0 aliphatic heterocycles. The Kier molecular flexibility index (Phi) is 3.48. The van der Waals surface area contributed by atoms with E-state index in [1.807, 2.05) is 0 Å². The number of fused-ring (bicyclic) bond motifs is 2. The van der Waals surface area contributed by atoms with Crippen LogP contribution in [0.15, 0.2) is 121 Å². The van der Waals surface area contributed by atoms with Gasteiger partial charge in [0.15, 0.2) is 0 Å². The Morgan fingerprint density at radius 2 is 0.897 bits per heavy atom. The van der Waals surface area contributed by atoms with Crippen LogP contribution in [0.3, 0.4) is 0 Å². The van der Waals surface area contributed by atoms with Crippen LogP contribution >= 0.6 is 0 Å². The van der Waals surface area contributed by atoms with E-state index in [0.717, 1.165) is 0 Å². The first-order chi connectivity index (χ1) is 14.4. The normalized spacial score (nSPS) is 13.8. The quantitative estimate of drug-likeness (QED) is 0.303. The van der Waals surface area contributed by atoms with Crippen molar-refractivity contribution in [1.29, 1.82) is 0 Å². The van der Waals surface area contributed by atoms with Crippen molar-refractivity contribution in [2.24, 2.45) is 0 Å². The summed E-state index contributed by atoms with van der Waals surface area (Å²) in [6.45, 7) is 0. The van der Waals surface area contributed by atoms with Crippen LogP contribution in [0, 0.1) is 0 Å². The zero-order valence-corrected chi connectivity index (χ0v) is 16.0. The van der Waals surface area contributed by atoms with Gasteiger partial charge in [0.2, 0.25) is 0 Å². The molecule has 0 nitrogen and oxygen atoms in total. The molecule has 0 saturated heterocycles. The molecule has 0 fully saturated rings. The molecular formula is C29H20. The van der Waals surface area contributed by atoms with Crippen LogP contribution in [0.4, 0.5) is 0 Å². The van der Waals surface area contributed by atoms with Crippen LogP contribution in [0.2, 0.25) is 0 Å². The highest BCUT2D eigenvalue weighted by atomic mass is 14.4. The van der Waals surface area contributed by atoms with Crippen LogP contribution in [-0.2, 0) is 5.41 Å². The van der Waals surface area contributed by atoms with Crippen molar-refractivity contribution in [3.63, 3.8) is 0 Å². The van der Waals surface area contributed by atoms with Crippen molar-refractivity contribution in [2.45, 2.75) is 5.41 Å². The fourth-order valence-electron chi connectivity index (χ4n) is 5.23. The van der Waals surface area contributed by atoms with Gasteiger partial charge in [0.1, 0.15) is 0 Å². The third-order valence-corrected chi connectivity index (χ3v) is 6.34. The fourth-order valence-corrected chi connectivity index (χ4v) is 5.23. The summed E-state index contributed by atoms with van der Waals surface area (Å²) in [5.41, 5.74) is 7.64. The molecule has 0 unspecified atom stereocenters. The SMILES string of the molecule is c1ccc(C2(c3ccccc3)c3ccccc3-c3cccc4cccc2c34)cc1. The minimum atomic E-state index is -0.340. The van der Waals surface area contributed by atoms with Crippen molar-refractivity contribution < 1.29 is 0 Å². The molecule has 0 saturated carbocycles. The standard InChI is InChI=1S/C29H20/c1-3-13-22(14-4-1)29(23-15-5-2-6-16-23)26-19-8-7-17-24(26)25-18-9-11-21-12-10-20-27(29)28(21)25/h1-20H. The lowest BCUT2D eigenvalue weighted by molar-refractivity contribution is 0.750. The first kappa shape index (κ1) is 16.3. The smallest absolute Gasteiger partial charge is 0.0622 e. The molecule has 0 spiro atoms. The van der Waals surface area contributed by atoms with Gasteiger partial charge in [-0.3, -0.25) is 0 Å². The molecule has 0 amide bonds. The molecule has 0 heterocycles. The molecule has 0 aromatic heterocycles. The second-order valence-electron chi connectivity index (χ2n) is 7.74. The molecule has 5 aromatic rings. The van der Waals surface area contributed by atoms with Crippen molar-refractivity contribution in [1.82, 2.24) is 0 Å². The zero-order chi connectivity index (χ0) is 19.3. The number of hydrogen-bond acceptors (Lipinski definition) is 0. The summed E-state index contributed by atoms with van der Waals surface area (Å²) in [6.07, 6.45) is 0. The second-order valence-corrected chi connectivity index (χ2v) is 7.74. The summed E-state index contributed by atoms with van der Waals surface area (Å²) in [7, 11) is 0. The second kappa shape index (κ2) is 6.18. The van der Waals surface area contributed by atoms with Gasteiger partial charge in [0.25, 0.3) is 0 Å². The van der Waals surface area contributed by atoms with Gasteiger partial charge in [-0.15, -0.1) is 0 Å². The summed E-state index contributed by atoms with van der Waals surface area (Å²) in [5, 5.41) is 2.66. The monoisotopic (exact) mass is 368 g/mol. The molecule has 1 aliphatic rings. The third kappa shape index (κ3) is 2.14. The largest absolute Gasteiger partial charge is 0.0713 e. The number of rotatable bonds is 2. The van der Waals surface area contributed by atoms with E-state index in [9.17, 15) is 0 Å². The molecule has 0 bridgehead atoms. The summed E-state index contributed by atoms with van der Waals surface area (Å²) in [6, 6.07) is 44.3. The highest BCUT2D eigenvalue weighted by Crippen LogP contribution is 2.54. The van der Waals surface area contributed by atoms with Gasteiger partial charge >= 0.3 is 0 Å². The Hall–Kier alpha value is -3.64. The van der Waals surface area contributed by atoms with Gasteiger partial charge in [0.05, 0.1) is 5.41 Å². The summed E-state index contributed by atoms with van der Waals surface area (Å²) in [5.74, 6) is 0. The van der Waals surface area contributed by atoms with Gasteiger partial charge in [-0.25, -0.2) is 0 Å². The summed E-state index contributed by atoms with van der Waals surface area (Å²) >= 11 is 0. The van der Waals surface area contributed by atoms with E-state index < -0.39 is 0 Å². The van der Waals surface area contributed by atoms with E-state index in [4.69, 9.17) is 0 Å². The van der Waals surface area contributed by atoms with E-state index >= 15 is 0 Å². The topological polar surface area (TPSA) is 0 Å². The summed E-state index contributed by atoms with van der Waals surface area (Å²) < 4.78 is 0. The van der Waals surface area contributed by atoms with E-state index in [0.29, 0.717) is 0 Å². The number of benzene rings is 5. The minimum Gasteiger partial charge on any atom is -0.0622 e. The predicted octanol–water partition coefficient (Wildman–Crippen LogP) is 7.20. The molecule has 5 aromatic carbocycles. The molecular weight excluding hydrogens is 348 g/mol. The first-order valence-electron chi connectivity index (χ1n) is 10.1. The van der Waals surface area contributed by atoms with Crippen molar-refractivity contribution in [2.75, 3.05) is 0 Å². The Balaban J connectivity index is 1.90. The molecule has 0 radical (unpaired) electrons. The Labute approximate surface area is 171 Å². The van der Waals surface area contributed by atoms with Gasteiger partial charge in [-0.2, -0.15) is 0 Å². The van der Waals surface area contributed by atoms with Crippen LogP contribution in [0.1, 0.15) is 22.3 Å². The van der Waals surface area contributed by atoms with Gasteiger partial charge in [-0.1, -0.05) is 121 Å². The Morgan fingerprint density at radius 1 is 0.379 bits per heavy atom. The van der Waals surface area contributed by atoms with Crippen LogP contribution < -0.4 is 0 Å². The van der Waals surface area contributed by atoms with Crippen molar-refractivity contribution in [3.05, 3.63) is 144 Å². The first-order valence-corrected chi connectivity index (χ1v) is 10.1. The molecule has 1 aliphatic carbocycles. The van der Waals surface area contributed by atoms with E-state index in [1.54, 1.807) is 0 Å². The van der Waals surface area contributed by atoms with Gasteiger partial charge < -0.3 is 0 Å². The maximum atomic E-state index is 2.32. The summed E-state index contributed by atoms with van der Waals surface area (Å²) in [4.78, 5) is 0. The molecule has 6 rings (SSSR count). The molecule has 29 heavy (non-hydrogen) atoms. The lowest BCUT2D eigenvalue weighted by atomic mass is 9.59. The van der Waals surface area contributed by atoms with Gasteiger partial charge in [-0.05, 0) is 44.2 Å². The third-order valence-electron chi connectivity index (χ3n) is 6.34. The predicted molar refractivity (Wildman–Crippen MR) is 121 cm³/mol. The van der Waals surface area contributed by atoms with Gasteiger partial charge in [0, 0.05) is 0 Å². The lowest BCUT2D eigenvalue weighted by Crippen LogP contribution is -2.33. The maximum absolute atomic E-state index is 2.32. The molecule has 0 atom stereocenters. The highest BCUT2D eigenvalue weighted by Gasteiger charge is 2.43. The Bertz CT molecular complexity index is 1290. The van der Waals surface area contributed by atoms with Crippen molar-refractivity contribution in [3.8, 4) is 11.1 Å². The molecule has 0 heteroatoms.